The lowest BCUT2D eigenvalue weighted by Crippen LogP contribution is -2.21. The molecule has 0 saturated heterocycles. The first-order chi connectivity index (χ1) is 17.2. The van der Waals surface area contributed by atoms with Crippen LogP contribution in [0.15, 0.2) is 36.4 Å². The third-order valence-electron chi connectivity index (χ3n) is 5.66. The van der Waals surface area contributed by atoms with Crippen molar-refractivity contribution >= 4 is 28.6 Å². The maximum absolute atomic E-state index is 11.6. The Labute approximate surface area is 208 Å². The van der Waals surface area contributed by atoms with Crippen molar-refractivity contribution in [3.63, 3.8) is 0 Å². The third kappa shape index (κ3) is 4.79. The lowest BCUT2D eigenvalue weighted by Gasteiger charge is -2.18. The number of methoxy groups -OCH3 is 2. The number of nitrogens with zero attached hydrogens (tertiary/aromatic N) is 4. The van der Waals surface area contributed by atoms with E-state index >= 15 is 0 Å². The molecule has 11 heteroatoms. The van der Waals surface area contributed by atoms with Crippen molar-refractivity contribution in [2.24, 2.45) is 5.73 Å². The average Bonchev–Trinajstić information content (AvgIpc) is 3.16. The van der Waals surface area contributed by atoms with Crippen LogP contribution in [0.25, 0.3) is 16.9 Å². The van der Waals surface area contributed by atoms with Crippen LogP contribution in [0.3, 0.4) is 0 Å². The van der Waals surface area contributed by atoms with Crippen molar-refractivity contribution in [3.8, 4) is 22.9 Å². The first kappa shape index (κ1) is 24.9. The number of fused-ring (bicyclic) bond motifs is 1. The summed E-state index contributed by atoms with van der Waals surface area (Å²) in [5.41, 5.74) is 9.44. The number of ether oxygens (including phenoxy) is 2. The van der Waals surface area contributed by atoms with Gasteiger partial charge in [0.25, 0.3) is 0 Å². The van der Waals surface area contributed by atoms with Gasteiger partial charge in [-0.25, -0.2) is 14.5 Å². The normalized spacial score (nSPS) is 11.9. The van der Waals surface area contributed by atoms with Crippen LogP contribution in [-0.2, 0) is 4.79 Å². The molecular weight excluding hydrogens is 462 g/mol. The number of aromatic nitrogens is 4. The summed E-state index contributed by atoms with van der Waals surface area (Å²) >= 11 is 0. The summed E-state index contributed by atoms with van der Waals surface area (Å²) in [5.74, 6) is 2.39. The predicted molar refractivity (Wildman–Crippen MR) is 137 cm³/mol. The van der Waals surface area contributed by atoms with Crippen LogP contribution in [0.4, 0.5) is 17.2 Å². The molecule has 0 spiro atoms. The van der Waals surface area contributed by atoms with E-state index in [-0.39, 0.29) is 12.5 Å². The molecule has 2 aromatic heterocycles. The predicted octanol–water partition coefficient (Wildman–Crippen LogP) is 3.12. The number of nitrogens with two attached hydrogens (primary N) is 1. The Hall–Kier alpha value is -4.22. The van der Waals surface area contributed by atoms with Crippen LogP contribution in [0.1, 0.15) is 30.1 Å². The van der Waals surface area contributed by atoms with Gasteiger partial charge in [-0.1, -0.05) is 0 Å². The SMILES string of the molecule is COc1cc(Nc2nc(-c3ccc(NC(=O)CN)cc3)nn3c(C)nc(C)c23)cc(OC)c1C(C)O. The van der Waals surface area contributed by atoms with Crippen molar-refractivity contribution < 1.29 is 19.4 Å². The number of amides is 1. The van der Waals surface area contributed by atoms with Gasteiger partial charge < -0.3 is 30.9 Å². The molecule has 36 heavy (non-hydrogen) atoms. The molecule has 5 N–H and O–H groups in total. The first-order valence-corrected chi connectivity index (χ1v) is 11.3. The molecule has 0 radical (unpaired) electrons. The van der Waals surface area contributed by atoms with E-state index in [0.29, 0.717) is 45.9 Å². The number of hydrogen-bond acceptors (Lipinski definition) is 9. The quantitative estimate of drug-likeness (QED) is 0.292. The Bertz CT molecular complexity index is 1390. The number of aryl methyl sites for hydroxylation is 2. The largest absolute Gasteiger partial charge is 0.496 e. The Morgan fingerprint density at radius 3 is 2.28 bits per heavy atom. The average molecular weight is 492 g/mol. The summed E-state index contributed by atoms with van der Waals surface area (Å²) in [5, 5.41) is 21.0. The van der Waals surface area contributed by atoms with Crippen LogP contribution < -0.4 is 25.8 Å². The maximum atomic E-state index is 11.6. The molecule has 188 valence electrons. The van der Waals surface area contributed by atoms with Crippen molar-refractivity contribution in [1.82, 2.24) is 19.6 Å². The molecule has 0 bridgehead atoms. The second-order valence-electron chi connectivity index (χ2n) is 8.21. The van der Waals surface area contributed by atoms with Crippen LogP contribution in [0.2, 0.25) is 0 Å². The number of carbonyl (C=O) groups is 1. The van der Waals surface area contributed by atoms with Crippen LogP contribution in [0.5, 0.6) is 11.5 Å². The van der Waals surface area contributed by atoms with Crippen LogP contribution >= 0.6 is 0 Å². The van der Waals surface area contributed by atoms with Gasteiger partial charge >= 0.3 is 0 Å². The fraction of sp³-hybridized carbons (Fsp3) is 0.280. The zero-order valence-electron chi connectivity index (χ0n) is 20.8. The fourth-order valence-corrected chi connectivity index (χ4v) is 4.01. The van der Waals surface area contributed by atoms with E-state index in [9.17, 15) is 9.90 Å². The van der Waals surface area contributed by atoms with Gasteiger partial charge in [-0.05, 0) is 45.0 Å². The lowest BCUT2D eigenvalue weighted by molar-refractivity contribution is -0.114. The summed E-state index contributed by atoms with van der Waals surface area (Å²) in [4.78, 5) is 20.9. The number of aliphatic hydroxyl groups is 1. The molecule has 1 amide bonds. The second kappa shape index (κ2) is 10.2. The minimum atomic E-state index is -0.779. The fourth-order valence-electron chi connectivity index (χ4n) is 4.01. The standard InChI is InChI=1S/C25H29N7O4/c1-13-23-25(29-18-10-19(35-4)22(14(2)33)20(11-18)36-5)30-24(31-32(23)15(3)27-13)16-6-8-17(9-7-16)28-21(34)12-26/h6-11,14,33H,12,26H2,1-5H3,(H,28,34)(H,29,30,31). The first-order valence-electron chi connectivity index (χ1n) is 11.3. The molecule has 4 rings (SSSR count). The zero-order chi connectivity index (χ0) is 26.0. The molecule has 1 unspecified atom stereocenters. The molecule has 0 aliphatic heterocycles. The van der Waals surface area contributed by atoms with E-state index in [2.05, 4.69) is 15.6 Å². The Kier molecular flexibility index (Phi) is 7.04. The van der Waals surface area contributed by atoms with E-state index < -0.39 is 6.10 Å². The van der Waals surface area contributed by atoms with Crippen molar-refractivity contribution in [2.75, 3.05) is 31.4 Å². The van der Waals surface area contributed by atoms with Gasteiger partial charge in [-0.2, -0.15) is 0 Å². The Morgan fingerprint density at radius 2 is 1.72 bits per heavy atom. The number of hydrogen-bond donors (Lipinski definition) is 4. The van der Waals surface area contributed by atoms with Gasteiger partial charge in [0.2, 0.25) is 5.91 Å². The summed E-state index contributed by atoms with van der Waals surface area (Å²) in [6, 6.07) is 10.7. The van der Waals surface area contributed by atoms with Gasteiger partial charge in [0, 0.05) is 29.1 Å². The maximum Gasteiger partial charge on any atom is 0.238 e. The van der Waals surface area contributed by atoms with Crippen LogP contribution in [-0.4, -0.2) is 51.4 Å². The summed E-state index contributed by atoms with van der Waals surface area (Å²) in [6.07, 6.45) is -0.779. The zero-order valence-corrected chi connectivity index (χ0v) is 20.8. The van der Waals surface area contributed by atoms with Gasteiger partial charge in [-0.3, -0.25) is 4.79 Å². The van der Waals surface area contributed by atoms with E-state index in [1.165, 1.54) is 14.2 Å². The van der Waals surface area contributed by atoms with Gasteiger partial charge in [0.15, 0.2) is 11.6 Å². The topological polar surface area (TPSA) is 149 Å². The smallest absolute Gasteiger partial charge is 0.238 e. The molecule has 11 nitrogen and oxygen atoms in total. The minimum absolute atomic E-state index is 0.0937. The lowest BCUT2D eigenvalue weighted by atomic mass is 10.1. The number of carbonyl (C=O) groups excluding carboxylic acids is 1. The monoisotopic (exact) mass is 491 g/mol. The van der Waals surface area contributed by atoms with Gasteiger partial charge in [0.05, 0.1) is 38.1 Å². The van der Waals surface area contributed by atoms with Crippen molar-refractivity contribution in [2.45, 2.75) is 26.9 Å². The highest BCUT2D eigenvalue weighted by Gasteiger charge is 2.20. The molecule has 2 aromatic carbocycles. The highest BCUT2D eigenvalue weighted by atomic mass is 16.5. The Balaban J connectivity index is 1.80. The summed E-state index contributed by atoms with van der Waals surface area (Å²) < 4.78 is 12.8. The second-order valence-corrected chi connectivity index (χ2v) is 8.21. The number of aliphatic hydroxyl groups excluding tert-OH is 1. The third-order valence-corrected chi connectivity index (χ3v) is 5.66. The van der Waals surface area contributed by atoms with Gasteiger partial charge in [0.1, 0.15) is 22.8 Å². The van der Waals surface area contributed by atoms with E-state index in [4.69, 9.17) is 25.3 Å². The molecular formula is C25H29N7O4. The molecule has 0 aliphatic carbocycles. The van der Waals surface area contributed by atoms with Gasteiger partial charge in [-0.15, -0.1) is 5.10 Å². The van der Waals surface area contributed by atoms with Crippen molar-refractivity contribution in [3.05, 3.63) is 53.5 Å². The molecule has 0 aliphatic rings. The summed E-state index contributed by atoms with van der Waals surface area (Å²) in [7, 11) is 3.07. The molecule has 4 aromatic rings. The molecule has 0 fully saturated rings. The minimum Gasteiger partial charge on any atom is -0.496 e. The van der Waals surface area contributed by atoms with Crippen molar-refractivity contribution in [1.29, 1.82) is 0 Å². The number of nitrogens with one attached hydrogen (secondary N) is 2. The highest BCUT2D eigenvalue weighted by Crippen LogP contribution is 2.38. The van der Waals surface area contributed by atoms with E-state index in [1.807, 2.05) is 26.0 Å². The number of benzene rings is 2. The van der Waals surface area contributed by atoms with E-state index in [1.54, 1.807) is 35.7 Å². The van der Waals surface area contributed by atoms with E-state index in [0.717, 1.165) is 16.8 Å². The van der Waals surface area contributed by atoms with Crippen LogP contribution in [0, 0.1) is 13.8 Å². The summed E-state index contributed by atoms with van der Waals surface area (Å²) in [6.45, 7) is 5.32. The number of imidazole rings is 1. The Morgan fingerprint density at radius 1 is 1.08 bits per heavy atom. The molecule has 0 saturated carbocycles. The number of rotatable bonds is 8. The number of anilines is 3. The highest BCUT2D eigenvalue weighted by molar-refractivity contribution is 5.92. The molecule has 1 atom stereocenters. The molecule has 2 heterocycles.